The number of hydrogen-bond donors (Lipinski definition) is 1. The van der Waals surface area contributed by atoms with E-state index in [-0.39, 0.29) is 5.91 Å². The molecule has 0 unspecified atom stereocenters. The van der Waals surface area contributed by atoms with E-state index in [4.69, 9.17) is 0 Å². The van der Waals surface area contributed by atoms with Crippen LogP contribution in [-0.4, -0.2) is 35.4 Å². The maximum Gasteiger partial charge on any atom is 0.240 e. The molecule has 5 heteroatoms. The second-order valence-corrected chi connectivity index (χ2v) is 6.79. The number of amides is 1. The maximum absolute atomic E-state index is 12.1. The Bertz CT molecular complexity index is 626. The molecule has 1 aromatic heterocycles. The van der Waals surface area contributed by atoms with E-state index in [9.17, 15) is 4.79 Å². The summed E-state index contributed by atoms with van der Waals surface area (Å²) in [5.41, 5.74) is 1.98. The average Bonchev–Trinajstić information content (AvgIpc) is 2.96. The Hall–Kier alpha value is -1.72. The average molecular weight is 315 g/mol. The number of aromatic nitrogens is 1. The second-order valence-electron chi connectivity index (χ2n) is 5.93. The maximum atomic E-state index is 12.1. The summed E-state index contributed by atoms with van der Waals surface area (Å²) < 4.78 is 0. The number of hydrogen-bond acceptors (Lipinski definition) is 4. The van der Waals surface area contributed by atoms with Gasteiger partial charge in [0.25, 0.3) is 0 Å². The van der Waals surface area contributed by atoms with Crippen LogP contribution in [0, 0.1) is 5.92 Å². The molecule has 0 spiro atoms. The number of nitrogens with one attached hydrogen (secondary N) is 1. The van der Waals surface area contributed by atoms with Gasteiger partial charge in [0, 0.05) is 17.5 Å². The van der Waals surface area contributed by atoms with E-state index < -0.39 is 0 Å². The summed E-state index contributed by atoms with van der Waals surface area (Å²) in [6, 6.07) is 10.0. The van der Waals surface area contributed by atoms with Crippen molar-refractivity contribution in [3.8, 4) is 11.3 Å². The third-order valence-electron chi connectivity index (χ3n) is 3.93. The highest BCUT2D eigenvalue weighted by atomic mass is 32.1. The van der Waals surface area contributed by atoms with Gasteiger partial charge in [-0.2, -0.15) is 0 Å². The van der Waals surface area contributed by atoms with E-state index in [1.165, 1.54) is 24.2 Å². The molecule has 0 bridgehead atoms. The van der Waals surface area contributed by atoms with Crippen LogP contribution in [-0.2, 0) is 4.79 Å². The number of benzene rings is 1. The molecule has 2 aromatic rings. The SMILES string of the molecule is C[C@@H]1CCCN(CC(=O)Nc2nc(-c3ccccc3)cs2)C1. The molecule has 22 heavy (non-hydrogen) atoms. The Balaban J connectivity index is 1.57. The molecule has 1 aliphatic heterocycles. The Morgan fingerprint density at radius 3 is 3.00 bits per heavy atom. The van der Waals surface area contributed by atoms with Gasteiger partial charge in [0.1, 0.15) is 0 Å². The van der Waals surface area contributed by atoms with Gasteiger partial charge in [-0.1, -0.05) is 37.3 Å². The molecule has 1 atom stereocenters. The van der Waals surface area contributed by atoms with E-state index in [1.807, 2.05) is 35.7 Å². The highest BCUT2D eigenvalue weighted by Gasteiger charge is 2.19. The molecule has 1 N–H and O–H groups in total. The molecule has 2 heterocycles. The third-order valence-corrected chi connectivity index (χ3v) is 4.69. The molecule has 4 nitrogen and oxygen atoms in total. The van der Waals surface area contributed by atoms with Crippen molar-refractivity contribution in [3.63, 3.8) is 0 Å². The van der Waals surface area contributed by atoms with Crippen LogP contribution in [0.25, 0.3) is 11.3 Å². The van der Waals surface area contributed by atoms with Gasteiger partial charge in [-0.15, -0.1) is 11.3 Å². The lowest BCUT2D eigenvalue weighted by atomic mass is 10.0. The Labute approximate surface area is 135 Å². The molecule has 0 radical (unpaired) electrons. The number of piperidine rings is 1. The summed E-state index contributed by atoms with van der Waals surface area (Å²) in [5, 5.41) is 5.58. The molecule has 3 rings (SSSR count). The van der Waals surface area contributed by atoms with Gasteiger partial charge in [-0.25, -0.2) is 4.98 Å². The number of likely N-dealkylation sites (tertiary alicyclic amines) is 1. The van der Waals surface area contributed by atoms with Gasteiger partial charge in [-0.05, 0) is 25.3 Å². The largest absolute Gasteiger partial charge is 0.301 e. The van der Waals surface area contributed by atoms with Gasteiger partial charge >= 0.3 is 0 Å². The van der Waals surface area contributed by atoms with E-state index in [1.54, 1.807) is 0 Å². The minimum Gasteiger partial charge on any atom is -0.301 e. The Morgan fingerprint density at radius 2 is 2.23 bits per heavy atom. The molecule has 1 aliphatic rings. The first-order valence-corrected chi connectivity index (χ1v) is 8.62. The highest BCUT2D eigenvalue weighted by Crippen LogP contribution is 2.24. The zero-order valence-corrected chi connectivity index (χ0v) is 13.6. The van der Waals surface area contributed by atoms with Crippen LogP contribution in [0.2, 0.25) is 0 Å². The zero-order chi connectivity index (χ0) is 15.4. The van der Waals surface area contributed by atoms with Crippen molar-refractivity contribution in [2.24, 2.45) is 5.92 Å². The molecular weight excluding hydrogens is 294 g/mol. The topological polar surface area (TPSA) is 45.2 Å². The summed E-state index contributed by atoms with van der Waals surface area (Å²) >= 11 is 1.47. The van der Waals surface area contributed by atoms with Crippen molar-refractivity contribution in [2.45, 2.75) is 19.8 Å². The van der Waals surface area contributed by atoms with Crippen LogP contribution in [0.15, 0.2) is 35.7 Å². The standard InChI is InChI=1S/C17H21N3OS/c1-13-6-5-9-20(10-13)11-16(21)19-17-18-15(12-22-17)14-7-3-2-4-8-14/h2-4,7-8,12-13H,5-6,9-11H2,1H3,(H,18,19,21)/t13-/m1/s1. The molecule has 116 valence electrons. The van der Waals surface area contributed by atoms with Crippen LogP contribution >= 0.6 is 11.3 Å². The minimum atomic E-state index is 0.0306. The molecule has 1 fully saturated rings. The van der Waals surface area contributed by atoms with E-state index in [2.05, 4.69) is 22.1 Å². The van der Waals surface area contributed by atoms with Crippen LogP contribution in [0.1, 0.15) is 19.8 Å². The Morgan fingerprint density at radius 1 is 1.41 bits per heavy atom. The van der Waals surface area contributed by atoms with Crippen molar-refractivity contribution < 1.29 is 4.79 Å². The predicted molar refractivity (Wildman–Crippen MR) is 91.0 cm³/mol. The first-order chi connectivity index (χ1) is 10.7. The summed E-state index contributed by atoms with van der Waals surface area (Å²) in [5.74, 6) is 0.717. The van der Waals surface area contributed by atoms with Crippen LogP contribution in [0.5, 0.6) is 0 Å². The van der Waals surface area contributed by atoms with Gasteiger partial charge < -0.3 is 5.32 Å². The van der Waals surface area contributed by atoms with Crippen molar-refractivity contribution in [2.75, 3.05) is 25.0 Å². The first-order valence-electron chi connectivity index (χ1n) is 7.74. The van der Waals surface area contributed by atoms with Crippen LogP contribution in [0.4, 0.5) is 5.13 Å². The van der Waals surface area contributed by atoms with E-state index >= 15 is 0 Å². The number of nitrogens with zero attached hydrogens (tertiary/aromatic N) is 2. The predicted octanol–water partition coefficient (Wildman–Crippen LogP) is 3.48. The monoisotopic (exact) mass is 315 g/mol. The molecule has 1 aromatic carbocycles. The van der Waals surface area contributed by atoms with E-state index in [0.29, 0.717) is 17.6 Å². The van der Waals surface area contributed by atoms with Crippen molar-refractivity contribution in [1.82, 2.24) is 9.88 Å². The van der Waals surface area contributed by atoms with Crippen molar-refractivity contribution in [1.29, 1.82) is 0 Å². The zero-order valence-electron chi connectivity index (χ0n) is 12.8. The van der Waals surface area contributed by atoms with Crippen LogP contribution < -0.4 is 5.32 Å². The Kier molecular flexibility index (Phi) is 4.85. The molecule has 1 saturated heterocycles. The van der Waals surface area contributed by atoms with Crippen LogP contribution in [0.3, 0.4) is 0 Å². The quantitative estimate of drug-likeness (QED) is 0.939. The second kappa shape index (κ2) is 7.03. The molecular formula is C17H21N3OS. The number of thiazole rings is 1. The molecule has 0 aliphatic carbocycles. The highest BCUT2D eigenvalue weighted by molar-refractivity contribution is 7.14. The summed E-state index contributed by atoms with van der Waals surface area (Å²) in [6.07, 6.45) is 2.45. The number of rotatable bonds is 4. The fraction of sp³-hybridized carbons (Fsp3) is 0.412. The fourth-order valence-corrected chi connectivity index (χ4v) is 3.60. The summed E-state index contributed by atoms with van der Waals surface area (Å²) in [6.45, 7) is 4.74. The van der Waals surface area contributed by atoms with Crippen molar-refractivity contribution >= 4 is 22.4 Å². The summed E-state index contributed by atoms with van der Waals surface area (Å²) in [4.78, 5) is 18.9. The lowest BCUT2D eigenvalue weighted by molar-refractivity contribution is -0.117. The molecule has 1 amide bonds. The van der Waals surface area contributed by atoms with Gasteiger partial charge in [-0.3, -0.25) is 9.69 Å². The van der Waals surface area contributed by atoms with E-state index in [0.717, 1.165) is 24.3 Å². The van der Waals surface area contributed by atoms with Gasteiger partial charge in [0.2, 0.25) is 5.91 Å². The smallest absolute Gasteiger partial charge is 0.240 e. The third kappa shape index (κ3) is 3.93. The van der Waals surface area contributed by atoms with Crippen molar-refractivity contribution in [3.05, 3.63) is 35.7 Å². The normalized spacial score (nSPS) is 19.0. The lowest BCUT2D eigenvalue weighted by Gasteiger charge is -2.29. The fourth-order valence-electron chi connectivity index (χ4n) is 2.86. The number of carbonyl (C=O) groups excluding carboxylic acids is 1. The number of anilines is 1. The van der Waals surface area contributed by atoms with Gasteiger partial charge in [0.15, 0.2) is 5.13 Å². The minimum absolute atomic E-state index is 0.0306. The lowest BCUT2D eigenvalue weighted by Crippen LogP contribution is -2.39. The summed E-state index contributed by atoms with van der Waals surface area (Å²) in [7, 11) is 0. The number of carbonyl (C=O) groups is 1. The molecule has 0 saturated carbocycles. The van der Waals surface area contributed by atoms with Gasteiger partial charge in [0.05, 0.1) is 12.2 Å². The first kappa shape index (κ1) is 15.2.